The summed E-state index contributed by atoms with van der Waals surface area (Å²) < 4.78 is 5.97. The van der Waals surface area contributed by atoms with E-state index in [9.17, 15) is 4.79 Å². The molecule has 0 aliphatic rings. The molecule has 140 valence electrons. The molecule has 2 aromatic carbocycles. The minimum Gasteiger partial charge on any atom is -0.438 e. The molecule has 4 aromatic rings. The van der Waals surface area contributed by atoms with Gasteiger partial charge in [-0.3, -0.25) is 4.79 Å². The summed E-state index contributed by atoms with van der Waals surface area (Å²) in [7, 11) is 0. The molecule has 0 saturated carbocycles. The van der Waals surface area contributed by atoms with Crippen LogP contribution in [0.15, 0.2) is 54.9 Å². The number of nitrogens with one attached hydrogen (secondary N) is 1. The Morgan fingerprint density at radius 1 is 1.07 bits per heavy atom. The van der Waals surface area contributed by atoms with Crippen molar-refractivity contribution in [2.45, 2.75) is 13.8 Å². The van der Waals surface area contributed by atoms with E-state index in [1.165, 1.54) is 11.2 Å². The maximum atomic E-state index is 12.4. The van der Waals surface area contributed by atoms with Gasteiger partial charge in [0.25, 0.3) is 5.91 Å². The van der Waals surface area contributed by atoms with Gasteiger partial charge in [0.05, 0.1) is 16.0 Å². The summed E-state index contributed by atoms with van der Waals surface area (Å²) in [5, 5.41) is 4.17. The Bertz CT molecular complexity index is 1170. The van der Waals surface area contributed by atoms with Gasteiger partial charge in [-0.1, -0.05) is 23.7 Å². The molecule has 0 unspecified atom stereocenters. The molecule has 0 aliphatic heterocycles. The quantitative estimate of drug-likeness (QED) is 0.448. The van der Waals surface area contributed by atoms with Crippen LogP contribution in [-0.2, 0) is 0 Å². The molecule has 4 rings (SSSR count). The number of halogens is 1. The Kier molecular flexibility index (Phi) is 4.98. The van der Waals surface area contributed by atoms with Crippen LogP contribution < -0.4 is 10.1 Å². The fourth-order valence-electron chi connectivity index (χ4n) is 2.79. The van der Waals surface area contributed by atoms with Crippen molar-refractivity contribution in [2.75, 3.05) is 5.32 Å². The molecule has 0 atom stereocenters. The summed E-state index contributed by atoms with van der Waals surface area (Å²) in [4.78, 5) is 23.1. The smallest absolute Gasteiger partial charge is 0.257 e. The molecule has 0 bridgehead atoms. The first-order chi connectivity index (χ1) is 13.5. The summed E-state index contributed by atoms with van der Waals surface area (Å²) in [6.07, 6.45) is 1.51. The van der Waals surface area contributed by atoms with Gasteiger partial charge >= 0.3 is 0 Å². The van der Waals surface area contributed by atoms with Gasteiger partial charge in [0.15, 0.2) is 0 Å². The number of benzene rings is 2. The number of thiophene rings is 1. The molecular formula is C21H16ClN3O2S. The lowest BCUT2D eigenvalue weighted by Gasteiger charge is -2.09. The van der Waals surface area contributed by atoms with Gasteiger partial charge in [-0.15, -0.1) is 11.3 Å². The van der Waals surface area contributed by atoms with Gasteiger partial charge in [-0.25, -0.2) is 9.97 Å². The van der Waals surface area contributed by atoms with Crippen LogP contribution in [0, 0.1) is 13.8 Å². The average Bonchev–Trinajstić information content (AvgIpc) is 2.98. The monoisotopic (exact) mass is 409 g/mol. The molecule has 0 spiro atoms. The van der Waals surface area contributed by atoms with Gasteiger partial charge in [0.1, 0.15) is 16.9 Å². The van der Waals surface area contributed by atoms with E-state index in [0.29, 0.717) is 27.9 Å². The summed E-state index contributed by atoms with van der Waals surface area (Å²) in [6.45, 7) is 4.10. The molecule has 0 fully saturated rings. The van der Waals surface area contributed by atoms with E-state index >= 15 is 0 Å². The highest BCUT2D eigenvalue weighted by Crippen LogP contribution is 2.35. The lowest BCUT2D eigenvalue weighted by atomic mass is 10.2. The molecule has 5 nitrogen and oxygen atoms in total. The molecule has 2 heterocycles. The summed E-state index contributed by atoms with van der Waals surface area (Å²) in [5.74, 6) is 0.889. The highest BCUT2D eigenvalue weighted by atomic mass is 35.5. The van der Waals surface area contributed by atoms with Gasteiger partial charge < -0.3 is 10.1 Å². The van der Waals surface area contributed by atoms with E-state index in [1.54, 1.807) is 59.9 Å². The number of carbonyl (C=O) groups excluding carboxylic acids is 1. The third kappa shape index (κ3) is 3.56. The number of ether oxygens (including phenoxy) is 1. The van der Waals surface area contributed by atoms with E-state index < -0.39 is 0 Å². The van der Waals surface area contributed by atoms with E-state index in [-0.39, 0.29) is 5.91 Å². The second kappa shape index (κ2) is 7.58. The third-order valence-corrected chi connectivity index (χ3v) is 5.82. The first kappa shape index (κ1) is 18.4. The van der Waals surface area contributed by atoms with E-state index in [0.717, 1.165) is 15.8 Å². The summed E-state index contributed by atoms with van der Waals surface area (Å²) in [6, 6.07) is 14.0. The molecule has 7 heteroatoms. The highest BCUT2D eigenvalue weighted by Gasteiger charge is 2.14. The Morgan fingerprint density at radius 2 is 1.82 bits per heavy atom. The second-order valence-electron chi connectivity index (χ2n) is 6.20. The normalized spacial score (nSPS) is 10.8. The zero-order valence-electron chi connectivity index (χ0n) is 15.2. The van der Waals surface area contributed by atoms with Crippen LogP contribution in [-0.4, -0.2) is 15.9 Å². The number of carbonyl (C=O) groups is 1. The number of rotatable bonds is 4. The molecule has 1 amide bonds. The lowest BCUT2D eigenvalue weighted by Crippen LogP contribution is -2.12. The molecular weight excluding hydrogens is 394 g/mol. The van der Waals surface area contributed by atoms with Gasteiger partial charge in [0, 0.05) is 10.6 Å². The van der Waals surface area contributed by atoms with Crippen molar-refractivity contribution >= 4 is 44.7 Å². The lowest BCUT2D eigenvalue weighted by molar-refractivity contribution is 0.102. The molecule has 28 heavy (non-hydrogen) atoms. The largest absolute Gasteiger partial charge is 0.438 e. The maximum Gasteiger partial charge on any atom is 0.257 e. The topological polar surface area (TPSA) is 64.1 Å². The Balaban J connectivity index is 1.53. The molecule has 0 radical (unpaired) electrons. The van der Waals surface area contributed by atoms with Crippen LogP contribution in [0.5, 0.6) is 11.6 Å². The summed E-state index contributed by atoms with van der Waals surface area (Å²) >= 11 is 7.69. The summed E-state index contributed by atoms with van der Waals surface area (Å²) in [5.41, 5.74) is 2.20. The van der Waals surface area contributed by atoms with E-state index in [1.807, 2.05) is 6.92 Å². The number of hydrogen-bond donors (Lipinski definition) is 1. The van der Waals surface area contributed by atoms with Crippen LogP contribution in [0.25, 0.3) is 10.2 Å². The van der Waals surface area contributed by atoms with Crippen LogP contribution >= 0.6 is 22.9 Å². The average molecular weight is 410 g/mol. The predicted molar refractivity (Wildman–Crippen MR) is 113 cm³/mol. The highest BCUT2D eigenvalue weighted by molar-refractivity contribution is 7.18. The fourth-order valence-corrected chi connectivity index (χ4v) is 4.00. The van der Waals surface area contributed by atoms with Gasteiger partial charge in [-0.05, 0) is 55.8 Å². The molecule has 2 aromatic heterocycles. The van der Waals surface area contributed by atoms with Crippen LogP contribution in [0.4, 0.5) is 5.69 Å². The SMILES string of the molecule is Cc1sc2ncnc(Oc3ccc(NC(=O)c4ccccc4Cl)cc3)c2c1C. The number of anilines is 1. The minimum atomic E-state index is -0.263. The Labute approximate surface area is 171 Å². The molecule has 0 aliphatic carbocycles. The van der Waals surface area contributed by atoms with Crippen LogP contribution in [0.1, 0.15) is 20.8 Å². The number of fused-ring (bicyclic) bond motifs is 1. The maximum absolute atomic E-state index is 12.4. The minimum absolute atomic E-state index is 0.263. The van der Waals surface area contributed by atoms with Gasteiger partial charge in [-0.2, -0.15) is 0 Å². The van der Waals surface area contributed by atoms with Crippen LogP contribution in [0.3, 0.4) is 0 Å². The number of nitrogens with zero attached hydrogens (tertiary/aromatic N) is 2. The predicted octanol–water partition coefficient (Wildman–Crippen LogP) is 6.01. The molecule has 1 N–H and O–H groups in total. The fraction of sp³-hybridized carbons (Fsp3) is 0.0952. The Morgan fingerprint density at radius 3 is 2.57 bits per heavy atom. The van der Waals surface area contributed by atoms with Gasteiger partial charge in [0.2, 0.25) is 5.88 Å². The third-order valence-electron chi connectivity index (χ3n) is 4.38. The van der Waals surface area contributed by atoms with Crippen molar-refractivity contribution in [2.24, 2.45) is 0 Å². The van der Waals surface area contributed by atoms with Crippen molar-refractivity contribution < 1.29 is 9.53 Å². The zero-order chi connectivity index (χ0) is 19.7. The van der Waals surface area contributed by atoms with Crippen molar-refractivity contribution in [3.8, 4) is 11.6 Å². The number of aryl methyl sites for hydroxylation is 2. The first-order valence-electron chi connectivity index (χ1n) is 8.57. The van der Waals surface area contributed by atoms with Crippen molar-refractivity contribution in [3.63, 3.8) is 0 Å². The number of hydrogen-bond acceptors (Lipinski definition) is 5. The zero-order valence-corrected chi connectivity index (χ0v) is 16.8. The van der Waals surface area contributed by atoms with E-state index in [2.05, 4.69) is 22.2 Å². The molecule has 0 saturated heterocycles. The van der Waals surface area contributed by atoms with Crippen molar-refractivity contribution in [1.29, 1.82) is 0 Å². The van der Waals surface area contributed by atoms with Crippen LogP contribution in [0.2, 0.25) is 5.02 Å². The standard InChI is InChI=1S/C21H16ClN3O2S/c1-12-13(2)28-21-18(12)20(23-11-24-21)27-15-9-7-14(8-10-15)25-19(26)16-5-3-4-6-17(16)22/h3-11H,1-2H3,(H,25,26). The van der Waals surface area contributed by atoms with E-state index in [4.69, 9.17) is 16.3 Å². The Hall–Kier alpha value is -2.96. The second-order valence-corrected chi connectivity index (χ2v) is 7.81. The van der Waals surface area contributed by atoms with Crippen molar-refractivity contribution in [1.82, 2.24) is 9.97 Å². The number of aromatic nitrogens is 2. The van der Waals surface area contributed by atoms with Crippen molar-refractivity contribution in [3.05, 3.63) is 75.9 Å². The first-order valence-corrected chi connectivity index (χ1v) is 9.77. The number of amides is 1.